The molecule has 1 aliphatic rings. The highest BCUT2D eigenvalue weighted by Crippen LogP contribution is 2.39. The normalized spacial score (nSPS) is 22.8. The lowest BCUT2D eigenvalue weighted by Gasteiger charge is -2.52. The molecule has 0 N–H and O–H groups in total. The van der Waals surface area contributed by atoms with Gasteiger partial charge in [0, 0.05) is 5.69 Å². The third kappa shape index (κ3) is 2.69. The Morgan fingerprint density at radius 2 is 1.83 bits per heavy atom. The number of β-lactam (4-membered cyclic amide) rings is 1. The lowest BCUT2D eigenvalue weighted by molar-refractivity contribution is -0.159. The van der Waals surface area contributed by atoms with Crippen LogP contribution in [0.1, 0.15) is 12.5 Å². The molecule has 0 bridgehead atoms. The van der Waals surface area contributed by atoms with E-state index in [1.807, 2.05) is 61.5 Å². The Morgan fingerprint density at radius 1 is 1.17 bits per heavy atom. The standard InChI is InChI=1S/C20H21NO3/c1-4-18-20(2,24-14-15-8-6-5-7-9-15)19(22)21(18)16-10-12-17(23-3)13-11-16/h4-13,18H,1,14H2,2-3H3/t18-,20+/m0/s1. The average Bonchev–Trinajstić information content (AvgIpc) is 2.64. The highest BCUT2D eigenvalue weighted by atomic mass is 16.5. The van der Waals surface area contributed by atoms with Gasteiger partial charge in [-0.3, -0.25) is 9.69 Å². The largest absolute Gasteiger partial charge is 0.497 e. The molecule has 1 aliphatic heterocycles. The monoisotopic (exact) mass is 323 g/mol. The first-order chi connectivity index (χ1) is 11.6. The van der Waals surface area contributed by atoms with E-state index < -0.39 is 5.60 Å². The van der Waals surface area contributed by atoms with Gasteiger partial charge in [-0.2, -0.15) is 0 Å². The first-order valence-electron chi connectivity index (χ1n) is 7.88. The first kappa shape index (κ1) is 16.3. The molecule has 4 heteroatoms. The van der Waals surface area contributed by atoms with Crippen molar-refractivity contribution in [1.29, 1.82) is 0 Å². The van der Waals surface area contributed by atoms with Gasteiger partial charge in [0.2, 0.25) is 0 Å². The van der Waals surface area contributed by atoms with E-state index in [1.54, 1.807) is 18.1 Å². The molecule has 0 spiro atoms. The molecule has 124 valence electrons. The fraction of sp³-hybridized carbons (Fsp3) is 0.250. The van der Waals surface area contributed by atoms with Crippen LogP contribution in [0.5, 0.6) is 5.75 Å². The van der Waals surface area contributed by atoms with E-state index in [4.69, 9.17) is 9.47 Å². The van der Waals surface area contributed by atoms with E-state index in [1.165, 1.54) is 0 Å². The van der Waals surface area contributed by atoms with Crippen molar-refractivity contribution in [3.05, 3.63) is 72.8 Å². The maximum Gasteiger partial charge on any atom is 0.262 e. The summed E-state index contributed by atoms with van der Waals surface area (Å²) in [6.07, 6.45) is 1.76. The molecule has 0 radical (unpaired) electrons. The lowest BCUT2D eigenvalue weighted by Crippen LogP contribution is -2.73. The zero-order chi connectivity index (χ0) is 17.2. The molecule has 0 aliphatic carbocycles. The maximum absolute atomic E-state index is 12.8. The number of benzene rings is 2. The molecule has 0 aromatic heterocycles. The second kappa shape index (κ2) is 6.49. The van der Waals surface area contributed by atoms with Crippen LogP contribution >= 0.6 is 0 Å². The van der Waals surface area contributed by atoms with Crippen molar-refractivity contribution in [2.24, 2.45) is 0 Å². The van der Waals surface area contributed by atoms with Crippen molar-refractivity contribution in [2.45, 2.75) is 25.2 Å². The van der Waals surface area contributed by atoms with Crippen LogP contribution in [0.15, 0.2) is 67.3 Å². The highest BCUT2D eigenvalue weighted by Gasteiger charge is 2.58. The van der Waals surface area contributed by atoms with Gasteiger partial charge in [0.15, 0.2) is 5.60 Å². The zero-order valence-electron chi connectivity index (χ0n) is 13.9. The summed E-state index contributed by atoms with van der Waals surface area (Å²) < 4.78 is 11.1. The minimum atomic E-state index is -0.891. The molecular weight excluding hydrogens is 302 g/mol. The predicted octanol–water partition coefficient (Wildman–Crippen LogP) is 3.57. The number of rotatable bonds is 6. The fourth-order valence-electron chi connectivity index (χ4n) is 2.98. The molecule has 2 aromatic carbocycles. The number of anilines is 1. The average molecular weight is 323 g/mol. The Labute approximate surface area is 142 Å². The summed E-state index contributed by atoms with van der Waals surface area (Å²) in [5.41, 5.74) is 0.959. The van der Waals surface area contributed by atoms with Gasteiger partial charge in [0.05, 0.1) is 19.8 Å². The van der Waals surface area contributed by atoms with Crippen LogP contribution in [0.4, 0.5) is 5.69 Å². The van der Waals surface area contributed by atoms with Gasteiger partial charge in [0.1, 0.15) is 5.75 Å². The van der Waals surface area contributed by atoms with Gasteiger partial charge in [0.25, 0.3) is 5.91 Å². The number of amides is 1. The topological polar surface area (TPSA) is 38.8 Å². The lowest BCUT2D eigenvalue weighted by atomic mass is 9.83. The van der Waals surface area contributed by atoms with Gasteiger partial charge < -0.3 is 9.47 Å². The number of hydrogen-bond acceptors (Lipinski definition) is 3. The van der Waals surface area contributed by atoms with Gasteiger partial charge in [-0.05, 0) is 36.8 Å². The number of nitrogens with zero attached hydrogens (tertiary/aromatic N) is 1. The molecule has 1 fully saturated rings. The molecule has 3 rings (SSSR count). The van der Waals surface area contributed by atoms with Crippen LogP contribution in [0, 0.1) is 0 Å². The second-order valence-electron chi connectivity index (χ2n) is 5.94. The summed E-state index contributed by atoms with van der Waals surface area (Å²) in [7, 11) is 1.62. The van der Waals surface area contributed by atoms with Crippen molar-refractivity contribution in [2.75, 3.05) is 12.0 Å². The number of methoxy groups -OCH3 is 1. The summed E-state index contributed by atoms with van der Waals surface area (Å²) in [5, 5.41) is 0. The van der Waals surface area contributed by atoms with Gasteiger partial charge in [-0.1, -0.05) is 36.4 Å². The quantitative estimate of drug-likeness (QED) is 0.602. The van der Waals surface area contributed by atoms with E-state index in [2.05, 4.69) is 6.58 Å². The van der Waals surface area contributed by atoms with Crippen LogP contribution in [0.25, 0.3) is 0 Å². The number of hydrogen-bond donors (Lipinski definition) is 0. The van der Waals surface area contributed by atoms with Crippen LogP contribution in [-0.4, -0.2) is 24.7 Å². The third-order valence-electron chi connectivity index (χ3n) is 4.44. The molecule has 0 saturated carbocycles. The third-order valence-corrected chi connectivity index (χ3v) is 4.44. The van der Waals surface area contributed by atoms with Crippen LogP contribution in [0.2, 0.25) is 0 Å². The molecule has 0 unspecified atom stereocenters. The zero-order valence-corrected chi connectivity index (χ0v) is 13.9. The van der Waals surface area contributed by atoms with E-state index in [-0.39, 0.29) is 11.9 Å². The van der Waals surface area contributed by atoms with Crippen molar-refractivity contribution in [1.82, 2.24) is 0 Å². The Balaban J connectivity index is 1.76. The molecule has 24 heavy (non-hydrogen) atoms. The summed E-state index contributed by atoms with van der Waals surface area (Å²) in [4.78, 5) is 14.5. The molecular formula is C20H21NO3. The summed E-state index contributed by atoms with van der Waals surface area (Å²) in [5.74, 6) is 0.693. The van der Waals surface area contributed by atoms with E-state index in [9.17, 15) is 4.79 Å². The minimum Gasteiger partial charge on any atom is -0.497 e. The SMILES string of the molecule is C=C[C@@H]1N(c2ccc(OC)cc2)C(=O)[C@]1(C)OCc1ccccc1. The highest BCUT2D eigenvalue weighted by molar-refractivity contribution is 6.08. The molecule has 1 heterocycles. The van der Waals surface area contributed by atoms with E-state index >= 15 is 0 Å². The van der Waals surface area contributed by atoms with Gasteiger partial charge in [-0.25, -0.2) is 0 Å². The number of carbonyl (C=O) groups excluding carboxylic acids is 1. The van der Waals surface area contributed by atoms with Crippen molar-refractivity contribution in [3.8, 4) is 5.75 Å². The number of ether oxygens (including phenoxy) is 2. The van der Waals surface area contributed by atoms with E-state index in [0.717, 1.165) is 17.0 Å². The summed E-state index contributed by atoms with van der Waals surface area (Å²) >= 11 is 0. The van der Waals surface area contributed by atoms with E-state index in [0.29, 0.717) is 6.61 Å². The molecule has 2 aromatic rings. The van der Waals surface area contributed by atoms with Gasteiger partial charge in [-0.15, -0.1) is 6.58 Å². The maximum atomic E-state index is 12.8. The predicted molar refractivity (Wildman–Crippen MR) is 94.1 cm³/mol. The van der Waals surface area contributed by atoms with Crippen molar-refractivity contribution < 1.29 is 14.3 Å². The smallest absolute Gasteiger partial charge is 0.262 e. The summed E-state index contributed by atoms with van der Waals surface area (Å²) in [6, 6.07) is 17.0. The minimum absolute atomic E-state index is 0.0616. The van der Waals surface area contributed by atoms with Crippen LogP contribution in [0.3, 0.4) is 0 Å². The summed E-state index contributed by atoms with van der Waals surface area (Å²) in [6.45, 7) is 6.10. The van der Waals surface area contributed by atoms with Crippen LogP contribution < -0.4 is 9.64 Å². The molecule has 1 saturated heterocycles. The fourth-order valence-corrected chi connectivity index (χ4v) is 2.98. The molecule has 4 nitrogen and oxygen atoms in total. The Kier molecular flexibility index (Phi) is 4.40. The van der Waals surface area contributed by atoms with Crippen molar-refractivity contribution >= 4 is 11.6 Å². The Morgan fingerprint density at radius 3 is 2.42 bits per heavy atom. The second-order valence-corrected chi connectivity index (χ2v) is 5.94. The Hall–Kier alpha value is -2.59. The molecule has 1 amide bonds. The molecule has 2 atom stereocenters. The Bertz CT molecular complexity index is 726. The number of carbonyl (C=O) groups is 1. The van der Waals surface area contributed by atoms with Crippen molar-refractivity contribution in [3.63, 3.8) is 0 Å². The first-order valence-corrected chi connectivity index (χ1v) is 7.88. The van der Waals surface area contributed by atoms with Crippen LogP contribution in [-0.2, 0) is 16.1 Å². The van der Waals surface area contributed by atoms with Gasteiger partial charge >= 0.3 is 0 Å².